The summed E-state index contributed by atoms with van der Waals surface area (Å²) in [5.74, 6) is 0.569. The van der Waals surface area contributed by atoms with E-state index in [1.165, 1.54) is 0 Å². The van der Waals surface area contributed by atoms with E-state index in [4.69, 9.17) is 4.74 Å². The fraction of sp³-hybridized carbons (Fsp3) is 0.818. The summed E-state index contributed by atoms with van der Waals surface area (Å²) in [4.78, 5) is 19.8. The zero-order valence-electron chi connectivity index (χ0n) is 10.8. The van der Waals surface area contributed by atoms with E-state index in [1.54, 1.807) is 0 Å². The molecule has 5 nitrogen and oxygen atoms in total. The number of likely N-dealkylation sites (N-methyl/N-ethyl adjacent to an activating group) is 2. The van der Waals surface area contributed by atoms with Gasteiger partial charge in [-0.25, -0.2) is 4.99 Å². The zero-order valence-corrected chi connectivity index (χ0v) is 10.8. The highest BCUT2D eigenvalue weighted by Crippen LogP contribution is 2.08. The summed E-state index contributed by atoms with van der Waals surface area (Å²) in [6.45, 7) is 7.54. The Morgan fingerprint density at radius 1 is 1.31 bits per heavy atom. The highest BCUT2D eigenvalue weighted by molar-refractivity contribution is 5.84. The lowest BCUT2D eigenvalue weighted by molar-refractivity contribution is -0.152. The van der Waals surface area contributed by atoms with Crippen molar-refractivity contribution in [2.24, 2.45) is 4.99 Å². The minimum Gasteiger partial charge on any atom is -0.459 e. The van der Waals surface area contributed by atoms with Crippen LogP contribution in [0.4, 0.5) is 0 Å². The van der Waals surface area contributed by atoms with Crippen LogP contribution in [-0.4, -0.2) is 61.1 Å². The van der Waals surface area contributed by atoms with Gasteiger partial charge in [-0.05, 0) is 20.8 Å². The number of guanidine groups is 1. The van der Waals surface area contributed by atoms with Gasteiger partial charge in [0.1, 0.15) is 12.1 Å². The fourth-order valence-corrected chi connectivity index (χ4v) is 1.54. The van der Waals surface area contributed by atoms with Gasteiger partial charge in [0.05, 0.1) is 0 Å². The number of carbonyl (C=O) groups is 1. The molecule has 0 N–H and O–H groups in total. The van der Waals surface area contributed by atoms with Crippen LogP contribution >= 0.6 is 0 Å². The molecule has 0 aliphatic carbocycles. The molecule has 92 valence electrons. The van der Waals surface area contributed by atoms with Crippen LogP contribution in [0.15, 0.2) is 4.99 Å². The van der Waals surface area contributed by atoms with Crippen LogP contribution in [0.3, 0.4) is 0 Å². The number of nitrogens with zero attached hydrogens (tertiary/aromatic N) is 3. The number of hydrogen-bond acceptors (Lipinski definition) is 3. The Bertz CT molecular complexity index is 282. The summed E-state index contributed by atoms with van der Waals surface area (Å²) in [5, 5.41) is 0. The van der Waals surface area contributed by atoms with Gasteiger partial charge in [-0.2, -0.15) is 0 Å². The van der Waals surface area contributed by atoms with Gasteiger partial charge in [-0.15, -0.1) is 0 Å². The smallest absolute Gasteiger partial charge is 0.328 e. The Morgan fingerprint density at radius 3 is 2.25 bits per heavy atom. The minimum absolute atomic E-state index is 0.0846. The Hall–Kier alpha value is -1.26. The molecule has 0 bridgehead atoms. The second-order valence-electron chi connectivity index (χ2n) is 5.05. The molecule has 16 heavy (non-hydrogen) atoms. The van der Waals surface area contributed by atoms with Gasteiger partial charge in [0.25, 0.3) is 0 Å². The normalized spacial score (nSPS) is 16.7. The van der Waals surface area contributed by atoms with Gasteiger partial charge < -0.3 is 14.5 Å². The summed E-state index contributed by atoms with van der Waals surface area (Å²) in [6.07, 6.45) is 0. The van der Waals surface area contributed by atoms with E-state index in [9.17, 15) is 4.79 Å². The molecule has 0 radical (unpaired) electrons. The number of esters is 1. The van der Waals surface area contributed by atoms with Crippen LogP contribution in [-0.2, 0) is 9.53 Å². The molecule has 1 aliphatic heterocycles. The van der Waals surface area contributed by atoms with Crippen molar-refractivity contribution in [3.05, 3.63) is 0 Å². The van der Waals surface area contributed by atoms with Gasteiger partial charge in [-0.3, -0.25) is 4.79 Å². The number of ether oxygens (including phenoxy) is 1. The standard InChI is InChI=1S/C11H21N3O2/c1-11(2,3)16-9(15)8-12-10-13(4)6-7-14(10)5/h6-8H2,1-5H3. The second kappa shape index (κ2) is 4.72. The monoisotopic (exact) mass is 227 g/mol. The molecule has 1 saturated heterocycles. The lowest BCUT2D eigenvalue weighted by Gasteiger charge is -2.19. The van der Waals surface area contributed by atoms with E-state index in [2.05, 4.69) is 4.99 Å². The topological polar surface area (TPSA) is 45.1 Å². The maximum atomic E-state index is 11.5. The van der Waals surface area contributed by atoms with E-state index in [1.807, 2.05) is 44.7 Å². The van der Waals surface area contributed by atoms with Crippen LogP contribution in [0.2, 0.25) is 0 Å². The quantitative estimate of drug-likeness (QED) is 0.647. The van der Waals surface area contributed by atoms with Crippen molar-refractivity contribution in [2.75, 3.05) is 33.7 Å². The average molecular weight is 227 g/mol. The minimum atomic E-state index is -0.440. The summed E-state index contributed by atoms with van der Waals surface area (Å²) in [6, 6.07) is 0. The number of carbonyl (C=O) groups excluding carboxylic acids is 1. The molecule has 0 amide bonds. The summed E-state index contributed by atoms with van der Waals surface area (Å²) in [5.41, 5.74) is -0.440. The Balaban J connectivity index is 2.50. The highest BCUT2D eigenvalue weighted by atomic mass is 16.6. The SMILES string of the molecule is CN1CCN(C)C1=NCC(=O)OC(C)(C)C. The number of hydrogen-bond donors (Lipinski definition) is 0. The first kappa shape index (κ1) is 12.8. The van der Waals surface area contributed by atoms with Crippen molar-refractivity contribution in [3.8, 4) is 0 Å². The molecule has 1 heterocycles. The third kappa shape index (κ3) is 3.72. The molecule has 1 fully saturated rings. The molecule has 0 atom stereocenters. The maximum absolute atomic E-state index is 11.5. The van der Waals surface area contributed by atoms with E-state index in [0.29, 0.717) is 0 Å². The molecule has 0 aromatic rings. The van der Waals surface area contributed by atoms with Crippen molar-refractivity contribution in [1.82, 2.24) is 9.80 Å². The summed E-state index contributed by atoms with van der Waals surface area (Å²) < 4.78 is 5.18. The average Bonchev–Trinajstić information content (AvgIpc) is 2.41. The van der Waals surface area contributed by atoms with E-state index >= 15 is 0 Å². The lowest BCUT2D eigenvalue weighted by atomic mass is 10.2. The Kier molecular flexibility index (Phi) is 3.78. The molecule has 0 saturated carbocycles. The van der Waals surface area contributed by atoms with Crippen molar-refractivity contribution in [1.29, 1.82) is 0 Å². The van der Waals surface area contributed by atoms with Crippen molar-refractivity contribution < 1.29 is 9.53 Å². The largest absolute Gasteiger partial charge is 0.459 e. The van der Waals surface area contributed by atoms with E-state index in [-0.39, 0.29) is 12.5 Å². The van der Waals surface area contributed by atoms with Gasteiger partial charge in [-0.1, -0.05) is 0 Å². The maximum Gasteiger partial charge on any atom is 0.328 e. The van der Waals surface area contributed by atoms with Crippen molar-refractivity contribution in [3.63, 3.8) is 0 Å². The van der Waals surface area contributed by atoms with Crippen LogP contribution in [0.1, 0.15) is 20.8 Å². The Labute approximate surface area is 97.1 Å². The van der Waals surface area contributed by atoms with E-state index in [0.717, 1.165) is 19.0 Å². The van der Waals surface area contributed by atoms with Gasteiger partial charge >= 0.3 is 5.97 Å². The third-order valence-corrected chi connectivity index (χ3v) is 2.22. The molecule has 0 unspecified atom stereocenters. The predicted molar refractivity (Wildman–Crippen MR) is 63.4 cm³/mol. The molecular formula is C11H21N3O2. The zero-order chi connectivity index (χ0) is 12.3. The van der Waals surface area contributed by atoms with Crippen molar-refractivity contribution in [2.45, 2.75) is 26.4 Å². The fourth-order valence-electron chi connectivity index (χ4n) is 1.54. The first-order chi connectivity index (χ1) is 7.29. The first-order valence-electron chi connectivity index (χ1n) is 5.48. The highest BCUT2D eigenvalue weighted by Gasteiger charge is 2.21. The van der Waals surface area contributed by atoms with Gasteiger partial charge in [0.2, 0.25) is 0 Å². The molecule has 5 heteroatoms. The molecular weight excluding hydrogens is 206 g/mol. The number of rotatable bonds is 2. The molecule has 0 aromatic heterocycles. The Morgan fingerprint density at radius 2 is 1.81 bits per heavy atom. The molecule has 0 aromatic carbocycles. The molecule has 1 rings (SSSR count). The molecule has 0 spiro atoms. The molecule has 1 aliphatic rings. The third-order valence-electron chi connectivity index (χ3n) is 2.22. The van der Waals surface area contributed by atoms with Crippen molar-refractivity contribution >= 4 is 11.9 Å². The number of aliphatic imine (C=N–C) groups is 1. The summed E-state index contributed by atoms with van der Waals surface area (Å²) in [7, 11) is 3.94. The van der Waals surface area contributed by atoms with E-state index < -0.39 is 5.60 Å². The van der Waals surface area contributed by atoms with Crippen LogP contribution in [0, 0.1) is 0 Å². The second-order valence-corrected chi connectivity index (χ2v) is 5.05. The predicted octanol–water partition coefficient (Wildman–Crippen LogP) is 0.561. The lowest BCUT2D eigenvalue weighted by Crippen LogP contribution is -2.30. The van der Waals surface area contributed by atoms with Crippen LogP contribution < -0.4 is 0 Å². The summed E-state index contributed by atoms with van der Waals surface area (Å²) >= 11 is 0. The first-order valence-corrected chi connectivity index (χ1v) is 5.48. The van der Waals surface area contributed by atoms with Gasteiger partial charge in [0.15, 0.2) is 5.96 Å². The van der Waals surface area contributed by atoms with Crippen LogP contribution in [0.25, 0.3) is 0 Å². The van der Waals surface area contributed by atoms with Gasteiger partial charge in [0, 0.05) is 27.2 Å². The van der Waals surface area contributed by atoms with Crippen LogP contribution in [0.5, 0.6) is 0 Å².